The molecule has 3 fully saturated rings. The molecule has 3 saturated heterocycles. The van der Waals surface area contributed by atoms with E-state index in [1.165, 1.54) is 0 Å². The van der Waals surface area contributed by atoms with Crippen molar-refractivity contribution in [2.24, 2.45) is 0 Å². The Morgan fingerprint density at radius 3 is 1.28 bits per heavy atom. The predicted octanol–water partition coefficient (Wildman–Crippen LogP) is 14.0. The third kappa shape index (κ3) is 16.9. The number of phenolic OH excluding ortho intramolecular Hbond substituents is 3. The monoisotopic (exact) mass is 1310 g/mol. The van der Waals surface area contributed by atoms with Crippen molar-refractivity contribution in [2.45, 2.75) is 185 Å². The molecule has 6 aliphatic heterocycles. The lowest BCUT2D eigenvalue weighted by Gasteiger charge is -2.37. The van der Waals surface area contributed by atoms with Crippen molar-refractivity contribution in [2.75, 3.05) is 19.8 Å². The summed E-state index contributed by atoms with van der Waals surface area (Å²) in [4.78, 5) is 69.7. The van der Waals surface area contributed by atoms with E-state index >= 15 is 0 Å². The molecule has 3 N–H and O–H groups in total. The zero-order valence-corrected chi connectivity index (χ0v) is 55.6. The van der Waals surface area contributed by atoms with Gasteiger partial charge in [0.25, 0.3) is 0 Å². The van der Waals surface area contributed by atoms with Crippen LogP contribution < -0.4 is 28.4 Å². The first-order valence-electron chi connectivity index (χ1n) is 31.0. The van der Waals surface area contributed by atoms with Crippen molar-refractivity contribution in [3.8, 4) is 51.7 Å². The fourth-order valence-corrected chi connectivity index (χ4v) is 15.0. The van der Waals surface area contributed by atoms with Gasteiger partial charge in [-0.1, -0.05) is 99.9 Å². The van der Waals surface area contributed by atoms with Gasteiger partial charge in [-0.3, -0.25) is 28.8 Å². The van der Waals surface area contributed by atoms with Crippen LogP contribution in [0, 0.1) is 20.8 Å². The summed E-state index contributed by atoms with van der Waals surface area (Å²) in [6, 6.07) is 32.0. The molecule has 0 aromatic heterocycles. The number of phenols is 3. The van der Waals surface area contributed by atoms with E-state index in [1.54, 1.807) is 18.2 Å². The van der Waals surface area contributed by atoms with E-state index < -0.39 is 16.8 Å². The van der Waals surface area contributed by atoms with Crippen molar-refractivity contribution in [3.05, 3.63) is 159 Å². The van der Waals surface area contributed by atoms with E-state index in [0.717, 1.165) is 164 Å². The van der Waals surface area contributed by atoms with Crippen LogP contribution in [0.15, 0.2) is 103 Å². The number of aromatic hydroxyl groups is 3. The van der Waals surface area contributed by atoms with Gasteiger partial charge in [0.05, 0.1) is 35.0 Å². The number of rotatable bonds is 15. The minimum atomic E-state index is -0.467. The highest BCUT2D eigenvalue weighted by molar-refractivity contribution is 8.16. The van der Waals surface area contributed by atoms with Crippen molar-refractivity contribution >= 4 is 68.0 Å². The maximum Gasteiger partial charge on any atom is 0.197 e. The summed E-state index contributed by atoms with van der Waals surface area (Å²) in [7, 11) is 0. The van der Waals surface area contributed by atoms with Gasteiger partial charge in [0.1, 0.15) is 88.4 Å². The molecule has 6 atom stereocenters. The number of fused-ring (bicyclic) bond motifs is 3. The lowest BCUT2D eigenvalue weighted by molar-refractivity contribution is -0.122. The molecule has 6 heterocycles. The normalized spacial score (nSPS) is 23.0. The molecule has 0 spiro atoms. The van der Waals surface area contributed by atoms with Crippen molar-refractivity contribution < 1.29 is 72.5 Å². The number of hydrogen-bond acceptors (Lipinski definition) is 18. The summed E-state index contributed by atoms with van der Waals surface area (Å²) >= 11 is 3.44. The maximum atomic E-state index is 11.9. The molecule has 6 aromatic carbocycles. The van der Waals surface area contributed by atoms with Crippen molar-refractivity contribution in [1.82, 2.24) is 0 Å². The molecule has 0 radical (unpaired) electrons. The quantitative estimate of drug-likeness (QED) is 0.0814. The molecular formula is C74H84O15S3. The van der Waals surface area contributed by atoms with E-state index in [1.807, 2.05) is 120 Å². The largest absolute Gasteiger partial charge is 0.508 e. The average Bonchev–Trinajstić information content (AvgIpc) is 1.08. The summed E-state index contributed by atoms with van der Waals surface area (Å²) in [5, 5.41) is 29.5. The Bertz CT molecular complexity index is 3760. The highest BCUT2D eigenvalue weighted by Crippen LogP contribution is 2.45. The van der Waals surface area contributed by atoms with Gasteiger partial charge in [-0.25, -0.2) is 0 Å². The van der Waals surface area contributed by atoms with E-state index in [0.29, 0.717) is 50.6 Å². The smallest absolute Gasteiger partial charge is 0.197 e. The first kappa shape index (κ1) is 68.9. The van der Waals surface area contributed by atoms with Crippen LogP contribution in [-0.2, 0) is 72.7 Å². The molecule has 0 amide bonds. The van der Waals surface area contributed by atoms with E-state index in [2.05, 4.69) is 27.7 Å². The number of benzene rings is 6. The average molecular weight is 1310 g/mol. The second-order valence-electron chi connectivity index (χ2n) is 26.5. The highest BCUT2D eigenvalue weighted by Gasteiger charge is 2.39. The maximum absolute atomic E-state index is 11.9. The van der Waals surface area contributed by atoms with Gasteiger partial charge in [0.15, 0.2) is 32.7 Å². The molecular weight excluding hydrogens is 1220 g/mol. The number of aryl methyl sites for hydroxylation is 2. The lowest BCUT2D eigenvalue weighted by Crippen LogP contribution is -2.42. The number of thioether (sulfide) groups is 3. The Kier molecular flexibility index (Phi) is 21.3. The van der Waals surface area contributed by atoms with Crippen LogP contribution >= 0.6 is 35.3 Å². The Hall–Kier alpha value is -7.41. The SMILES string of the molecule is C.CC1(COc2ccc(CC3SC(=O)CC3=O)cc2)CCc2cc(O)c(C(C)(C)C)cc2O1.CC1(COc2ccc(CC3SC(=O)CC3=O)cc2)CCc2cc(O)ccc2O1.Cc1c(C)c2c(c(C)c1O)CCC(C)(COc1ccc(CC3SC(=O)CC3=O)cc1)O2. The summed E-state index contributed by atoms with van der Waals surface area (Å²) in [6.07, 6.45) is 6.73. The van der Waals surface area contributed by atoms with Crippen LogP contribution in [0.1, 0.15) is 143 Å². The van der Waals surface area contributed by atoms with Crippen LogP contribution in [0.25, 0.3) is 0 Å². The first-order chi connectivity index (χ1) is 43.1. The first-order valence-corrected chi connectivity index (χ1v) is 33.6. The van der Waals surface area contributed by atoms with Gasteiger partial charge in [-0.15, -0.1) is 0 Å². The van der Waals surface area contributed by atoms with E-state index in [9.17, 15) is 44.1 Å². The minimum Gasteiger partial charge on any atom is -0.508 e. The number of Topliss-reactive ketones (excluding diaryl/α,β-unsaturated/α-hetero) is 3. The minimum absolute atomic E-state index is 0. The van der Waals surface area contributed by atoms with E-state index in [-0.39, 0.29) is 86.3 Å². The molecule has 0 aliphatic carbocycles. The third-order valence-electron chi connectivity index (χ3n) is 17.7. The standard InChI is InChI=1S/C26H30O5S.C25H28O5S.C22H22O5S.CH4/c1-25(2,3)19-13-22-17(12-20(19)27)9-10-26(4,31-22)15-30-18-7-5-16(6-8-18)11-23-21(28)14-24(29)32-23;1-14-15(2)24-19(16(3)23(14)28)9-10-25(4,30-24)13-29-18-7-5-17(6-8-18)11-21-20(26)12-22(27)31-21;1-22(9-8-15-11-16(23)4-7-19(15)27-22)13-26-17-5-2-14(3-6-17)10-20-18(24)12-21(25)28-20;/h5-8,12-13,23,27H,9-11,14-15H2,1-4H3;5-8,21,28H,9-13H2,1-4H3;2-7,11,20,23H,8-10,12-13H2,1H3;1H4. The van der Waals surface area contributed by atoms with Crippen LogP contribution in [0.2, 0.25) is 0 Å². The van der Waals surface area contributed by atoms with Crippen molar-refractivity contribution in [1.29, 1.82) is 0 Å². The van der Waals surface area contributed by atoms with Crippen LogP contribution in [-0.4, -0.2) is 100 Å². The zero-order valence-electron chi connectivity index (χ0n) is 53.1. The molecule has 92 heavy (non-hydrogen) atoms. The Morgan fingerprint density at radius 1 is 0.489 bits per heavy atom. The topological polar surface area (TPSA) is 218 Å². The Labute approximate surface area is 552 Å². The highest BCUT2D eigenvalue weighted by atomic mass is 32.2. The summed E-state index contributed by atoms with van der Waals surface area (Å²) in [5.74, 6) is 5.70. The molecule has 0 bridgehead atoms. The molecule has 18 heteroatoms. The second-order valence-corrected chi connectivity index (χ2v) is 30.3. The number of carbonyl (C=O) groups excluding carboxylic acids is 6. The summed E-state index contributed by atoms with van der Waals surface area (Å²) < 4.78 is 36.9. The van der Waals surface area contributed by atoms with Crippen LogP contribution in [0.3, 0.4) is 0 Å². The van der Waals surface area contributed by atoms with Gasteiger partial charge < -0.3 is 43.7 Å². The molecule has 6 aliphatic rings. The molecule has 488 valence electrons. The molecule has 15 nitrogen and oxygen atoms in total. The molecule has 0 saturated carbocycles. The summed E-state index contributed by atoms with van der Waals surface area (Å²) in [6.45, 7) is 19.4. The number of ketones is 3. The van der Waals surface area contributed by atoms with Gasteiger partial charge in [0.2, 0.25) is 0 Å². The van der Waals surface area contributed by atoms with Crippen LogP contribution in [0.4, 0.5) is 0 Å². The van der Waals surface area contributed by atoms with Crippen molar-refractivity contribution in [3.63, 3.8) is 0 Å². The van der Waals surface area contributed by atoms with Gasteiger partial charge >= 0.3 is 0 Å². The number of ether oxygens (including phenoxy) is 6. The zero-order chi connectivity index (χ0) is 65.2. The van der Waals surface area contributed by atoms with Crippen LogP contribution in [0.5, 0.6) is 51.7 Å². The van der Waals surface area contributed by atoms with Gasteiger partial charge in [-0.2, -0.15) is 0 Å². The fraction of sp³-hybridized carbons (Fsp3) is 0.432. The molecule has 6 aromatic rings. The number of carbonyl (C=O) groups is 6. The third-order valence-corrected chi connectivity index (χ3v) is 21.1. The summed E-state index contributed by atoms with van der Waals surface area (Å²) in [5.41, 5.74) is 8.24. The predicted molar refractivity (Wildman–Crippen MR) is 361 cm³/mol. The molecule has 12 rings (SSSR count). The van der Waals surface area contributed by atoms with Gasteiger partial charge in [0, 0.05) is 11.1 Å². The van der Waals surface area contributed by atoms with E-state index in [4.69, 9.17) is 28.4 Å². The Morgan fingerprint density at radius 2 is 0.880 bits per heavy atom. The Balaban J connectivity index is 0.000000163. The molecule has 6 unspecified atom stereocenters. The fourth-order valence-electron chi connectivity index (χ4n) is 11.9. The second kappa shape index (κ2) is 28.4. The number of hydrogen-bond donors (Lipinski definition) is 3. The lowest BCUT2D eigenvalue weighted by atomic mass is 9.84. The van der Waals surface area contributed by atoms with Gasteiger partial charge in [-0.05, 0) is 216 Å².